The van der Waals surface area contributed by atoms with Gasteiger partial charge in [-0.2, -0.15) is 31.4 Å². The molecule has 44 heavy (non-hydrogen) atoms. The lowest BCUT2D eigenvalue weighted by Gasteiger charge is -2.41. The molecule has 1 saturated heterocycles. The van der Waals surface area contributed by atoms with E-state index in [1.165, 1.54) is 6.92 Å². The van der Waals surface area contributed by atoms with Gasteiger partial charge < -0.3 is 9.47 Å². The summed E-state index contributed by atoms with van der Waals surface area (Å²) < 4.78 is 94.9. The van der Waals surface area contributed by atoms with Gasteiger partial charge in [0, 0.05) is 25.2 Å². The lowest BCUT2D eigenvalue weighted by molar-refractivity contribution is -0.231. The summed E-state index contributed by atoms with van der Waals surface area (Å²) in [5.74, 6) is 0.577. The largest absolute Gasteiger partial charge is 0.416 e. The van der Waals surface area contributed by atoms with E-state index in [0.29, 0.717) is 49.7 Å². The van der Waals surface area contributed by atoms with Gasteiger partial charge in [0.1, 0.15) is 6.33 Å². The standard InChI is InChI=1S/C31H39F6N5O2/c1-20(2)42(21(3)4)12-11-41-19-38-27(39-41)18-40-13-14-43-29(28(40)23-9-7-6-8-10-23)44-22(5)24-15-25(30(32,33)34)17-26(16-24)31(35,36)37/h6-10,15-17,19-22,28-29H,11-14,18H2,1-5H3/t22-,28+,29-/m1/s1. The topological polar surface area (TPSA) is 55.7 Å². The summed E-state index contributed by atoms with van der Waals surface area (Å²) in [7, 11) is 0. The van der Waals surface area contributed by atoms with Crippen LogP contribution in [-0.4, -0.2) is 62.6 Å². The highest BCUT2D eigenvalue weighted by Gasteiger charge is 2.39. The van der Waals surface area contributed by atoms with Crippen LogP contribution in [0.25, 0.3) is 0 Å². The Bertz CT molecular complexity index is 1310. The first kappa shape index (κ1) is 33.9. The van der Waals surface area contributed by atoms with E-state index in [1.54, 1.807) is 11.0 Å². The first-order chi connectivity index (χ1) is 20.6. The molecule has 0 saturated carbocycles. The monoisotopic (exact) mass is 627 g/mol. The van der Waals surface area contributed by atoms with E-state index < -0.39 is 41.9 Å². The molecule has 13 heteroatoms. The molecule has 0 bridgehead atoms. The highest BCUT2D eigenvalue weighted by molar-refractivity contribution is 5.34. The van der Waals surface area contributed by atoms with Crippen molar-refractivity contribution in [2.45, 2.75) is 90.6 Å². The predicted octanol–water partition coefficient (Wildman–Crippen LogP) is 7.11. The molecule has 4 rings (SSSR count). The minimum atomic E-state index is -4.96. The van der Waals surface area contributed by atoms with Crippen molar-refractivity contribution < 1.29 is 35.8 Å². The molecule has 1 aromatic heterocycles. The number of rotatable bonds is 11. The molecule has 0 spiro atoms. The summed E-state index contributed by atoms with van der Waals surface area (Å²) in [6, 6.07) is 11.0. The van der Waals surface area contributed by atoms with E-state index >= 15 is 0 Å². The first-order valence-corrected chi connectivity index (χ1v) is 14.6. The Morgan fingerprint density at radius 1 is 0.932 bits per heavy atom. The Morgan fingerprint density at radius 2 is 1.55 bits per heavy atom. The van der Waals surface area contributed by atoms with Gasteiger partial charge in [-0.05, 0) is 63.9 Å². The molecule has 0 unspecified atom stereocenters. The van der Waals surface area contributed by atoms with Gasteiger partial charge in [0.05, 0.1) is 43.0 Å². The SMILES string of the molecule is CC(C)N(CCn1cnc(CN2CCO[C@H](O[C@H](C)c3cc(C(F)(F)F)cc(C(F)(F)F)c3)[C@@H]2c2ccccc2)n1)C(C)C. The molecule has 1 aliphatic heterocycles. The number of benzene rings is 2. The van der Waals surface area contributed by atoms with Gasteiger partial charge >= 0.3 is 12.4 Å². The van der Waals surface area contributed by atoms with E-state index in [4.69, 9.17) is 9.47 Å². The van der Waals surface area contributed by atoms with Crippen LogP contribution < -0.4 is 0 Å². The zero-order valence-electron chi connectivity index (χ0n) is 25.4. The zero-order chi connectivity index (χ0) is 32.2. The fourth-order valence-corrected chi connectivity index (χ4v) is 5.52. The number of halogens is 6. The molecular weight excluding hydrogens is 588 g/mol. The van der Waals surface area contributed by atoms with E-state index in [0.717, 1.165) is 12.1 Å². The maximum atomic E-state index is 13.5. The molecule has 3 aromatic rings. The van der Waals surface area contributed by atoms with Gasteiger partial charge in [-0.15, -0.1) is 0 Å². The van der Waals surface area contributed by atoms with Crippen molar-refractivity contribution in [2.75, 3.05) is 19.7 Å². The van der Waals surface area contributed by atoms with Crippen LogP contribution in [0.2, 0.25) is 0 Å². The summed E-state index contributed by atoms with van der Waals surface area (Å²) in [6.07, 6.45) is -10.4. The number of ether oxygens (including phenoxy) is 2. The molecule has 2 heterocycles. The lowest BCUT2D eigenvalue weighted by Crippen LogP contribution is -2.46. The molecule has 0 aliphatic carbocycles. The van der Waals surface area contributed by atoms with Crippen LogP contribution in [0, 0.1) is 0 Å². The van der Waals surface area contributed by atoms with E-state index in [-0.39, 0.29) is 18.2 Å². The Kier molecular flexibility index (Phi) is 10.8. The highest BCUT2D eigenvalue weighted by atomic mass is 19.4. The number of alkyl halides is 6. The Balaban J connectivity index is 1.56. The van der Waals surface area contributed by atoms with Crippen LogP contribution in [0.3, 0.4) is 0 Å². The first-order valence-electron chi connectivity index (χ1n) is 14.6. The van der Waals surface area contributed by atoms with Crippen molar-refractivity contribution in [1.82, 2.24) is 24.6 Å². The second kappa shape index (κ2) is 14.0. The van der Waals surface area contributed by atoms with Gasteiger partial charge in [0.15, 0.2) is 12.1 Å². The van der Waals surface area contributed by atoms with Crippen LogP contribution in [0.15, 0.2) is 54.9 Å². The normalized spacial score (nSPS) is 19.3. The van der Waals surface area contributed by atoms with Gasteiger partial charge in [0.25, 0.3) is 0 Å². The molecular formula is C31H39F6N5O2. The van der Waals surface area contributed by atoms with Crippen molar-refractivity contribution in [3.8, 4) is 0 Å². The molecule has 0 radical (unpaired) electrons. The number of aromatic nitrogens is 3. The maximum Gasteiger partial charge on any atom is 0.416 e. The quantitative estimate of drug-likeness (QED) is 0.211. The number of morpholine rings is 1. The average Bonchev–Trinajstić information content (AvgIpc) is 3.39. The van der Waals surface area contributed by atoms with Crippen LogP contribution in [-0.2, 0) is 34.9 Å². The van der Waals surface area contributed by atoms with E-state index in [1.807, 2.05) is 30.3 Å². The fourth-order valence-electron chi connectivity index (χ4n) is 5.52. The Morgan fingerprint density at radius 3 is 2.11 bits per heavy atom. The number of nitrogens with zero attached hydrogens (tertiary/aromatic N) is 5. The molecule has 1 fully saturated rings. The fraction of sp³-hybridized carbons (Fsp3) is 0.548. The second-order valence-corrected chi connectivity index (χ2v) is 11.5. The molecule has 1 aliphatic rings. The Hall–Kier alpha value is -3.00. The zero-order valence-corrected chi connectivity index (χ0v) is 25.4. The third-order valence-electron chi connectivity index (χ3n) is 7.71. The smallest absolute Gasteiger partial charge is 0.349 e. The van der Waals surface area contributed by atoms with Crippen molar-refractivity contribution in [2.24, 2.45) is 0 Å². The van der Waals surface area contributed by atoms with Crippen molar-refractivity contribution in [3.05, 3.63) is 82.9 Å². The average molecular weight is 628 g/mol. The second-order valence-electron chi connectivity index (χ2n) is 11.5. The molecule has 2 aromatic carbocycles. The van der Waals surface area contributed by atoms with Gasteiger partial charge in [-0.3, -0.25) is 14.5 Å². The van der Waals surface area contributed by atoms with Crippen molar-refractivity contribution >= 4 is 0 Å². The third kappa shape index (κ3) is 8.58. The third-order valence-corrected chi connectivity index (χ3v) is 7.71. The van der Waals surface area contributed by atoms with Gasteiger partial charge in [-0.25, -0.2) is 4.98 Å². The van der Waals surface area contributed by atoms with Crippen LogP contribution in [0.5, 0.6) is 0 Å². The summed E-state index contributed by atoms with van der Waals surface area (Å²) in [6.45, 7) is 12.5. The molecule has 3 atom stereocenters. The molecule has 242 valence electrons. The lowest BCUT2D eigenvalue weighted by atomic mass is 10.0. The van der Waals surface area contributed by atoms with Crippen LogP contribution in [0.1, 0.15) is 74.8 Å². The van der Waals surface area contributed by atoms with Crippen LogP contribution in [0.4, 0.5) is 26.3 Å². The van der Waals surface area contributed by atoms with Crippen LogP contribution >= 0.6 is 0 Å². The predicted molar refractivity (Wildman–Crippen MR) is 152 cm³/mol. The maximum absolute atomic E-state index is 13.5. The van der Waals surface area contributed by atoms with Gasteiger partial charge in [-0.1, -0.05) is 30.3 Å². The van der Waals surface area contributed by atoms with E-state index in [9.17, 15) is 26.3 Å². The number of hydrogen-bond acceptors (Lipinski definition) is 6. The molecule has 0 N–H and O–H groups in total. The van der Waals surface area contributed by atoms with Gasteiger partial charge in [0.2, 0.25) is 0 Å². The van der Waals surface area contributed by atoms with Crippen molar-refractivity contribution in [3.63, 3.8) is 0 Å². The van der Waals surface area contributed by atoms with Crippen molar-refractivity contribution in [1.29, 1.82) is 0 Å². The summed E-state index contributed by atoms with van der Waals surface area (Å²) >= 11 is 0. The Labute approximate surface area is 253 Å². The minimum Gasteiger partial charge on any atom is -0.349 e. The van der Waals surface area contributed by atoms with E-state index in [2.05, 4.69) is 47.6 Å². The number of hydrogen-bond donors (Lipinski definition) is 0. The summed E-state index contributed by atoms with van der Waals surface area (Å²) in [4.78, 5) is 8.92. The molecule has 0 amide bonds. The minimum absolute atomic E-state index is 0.108. The molecule has 7 nitrogen and oxygen atoms in total. The highest BCUT2D eigenvalue weighted by Crippen LogP contribution is 2.39. The summed E-state index contributed by atoms with van der Waals surface area (Å²) in [5.41, 5.74) is -2.23. The summed E-state index contributed by atoms with van der Waals surface area (Å²) in [5, 5.41) is 4.66.